The summed E-state index contributed by atoms with van der Waals surface area (Å²) < 4.78 is 5.52. The van der Waals surface area contributed by atoms with Crippen LogP contribution >= 0.6 is 0 Å². The molecule has 3 heterocycles. The number of ether oxygens (including phenoxy) is 1. The summed E-state index contributed by atoms with van der Waals surface area (Å²) in [7, 11) is 0. The van der Waals surface area contributed by atoms with E-state index in [2.05, 4.69) is 49.2 Å². The summed E-state index contributed by atoms with van der Waals surface area (Å²) in [5.74, 6) is 1.95. The van der Waals surface area contributed by atoms with E-state index in [9.17, 15) is 4.79 Å². The van der Waals surface area contributed by atoms with Crippen LogP contribution in [0.25, 0.3) is 11.3 Å². The second kappa shape index (κ2) is 10.3. The molecule has 2 aliphatic rings. The van der Waals surface area contributed by atoms with E-state index in [0.29, 0.717) is 17.4 Å². The van der Waals surface area contributed by atoms with Gasteiger partial charge in [0, 0.05) is 50.5 Å². The highest BCUT2D eigenvalue weighted by Crippen LogP contribution is 2.33. The lowest BCUT2D eigenvalue weighted by atomic mass is 9.88. The lowest BCUT2D eigenvalue weighted by Crippen LogP contribution is -2.38. The monoisotopic (exact) mass is 484 g/mol. The van der Waals surface area contributed by atoms with E-state index in [0.717, 1.165) is 91.5 Å². The summed E-state index contributed by atoms with van der Waals surface area (Å²) in [5.41, 5.74) is 7.87. The number of hydrogen-bond acceptors (Lipinski definition) is 4. The molecule has 36 heavy (non-hydrogen) atoms. The van der Waals surface area contributed by atoms with Crippen molar-refractivity contribution in [2.45, 2.75) is 58.3 Å². The molecule has 6 nitrogen and oxygen atoms in total. The first kappa shape index (κ1) is 24.3. The highest BCUT2D eigenvalue weighted by atomic mass is 16.5. The Kier molecular flexibility index (Phi) is 6.93. The molecule has 2 aliphatic heterocycles. The molecule has 0 spiro atoms. The smallest absolute Gasteiger partial charge is 0.254 e. The minimum absolute atomic E-state index is 0. The highest BCUT2D eigenvalue weighted by Gasteiger charge is 2.27. The molecule has 1 aromatic heterocycles. The zero-order chi connectivity index (χ0) is 25.2. The summed E-state index contributed by atoms with van der Waals surface area (Å²) in [6, 6.07) is 14.2. The number of benzene rings is 2. The minimum Gasteiger partial charge on any atom is -0.381 e. The van der Waals surface area contributed by atoms with Gasteiger partial charge in [-0.2, -0.15) is 5.26 Å². The Morgan fingerprint density at radius 1 is 1.03 bits per heavy atom. The van der Waals surface area contributed by atoms with Gasteiger partial charge in [-0.05, 0) is 87.3 Å². The summed E-state index contributed by atoms with van der Waals surface area (Å²) in [6.45, 7) is 9.23. The fraction of sp³-hybridized carbons (Fsp3) is 0.433. The number of rotatable bonds is 4. The summed E-state index contributed by atoms with van der Waals surface area (Å²) in [4.78, 5) is 24.1. The Morgan fingerprint density at radius 2 is 1.72 bits per heavy atom. The molecule has 0 atom stereocenters. The molecule has 1 N–H and O–H groups in total. The van der Waals surface area contributed by atoms with Crippen LogP contribution in [0, 0.1) is 32.1 Å². The third-order valence-electron chi connectivity index (χ3n) is 7.86. The topological polar surface area (TPSA) is 82.0 Å². The van der Waals surface area contributed by atoms with Gasteiger partial charge in [0.25, 0.3) is 5.91 Å². The summed E-state index contributed by atoms with van der Waals surface area (Å²) in [5, 5.41) is 9.05. The van der Waals surface area contributed by atoms with Gasteiger partial charge in [-0.1, -0.05) is 18.2 Å². The number of carbonyl (C=O) groups is 1. The van der Waals surface area contributed by atoms with Crippen molar-refractivity contribution in [3.8, 4) is 17.3 Å². The van der Waals surface area contributed by atoms with Crippen molar-refractivity contribution in [2.24, 2.45) is 0 Å². The molecule has 2 fully saturated rings. The molecule has 6 heteroatoms. The van der Waals surface area contributed by atoms with Crippen molar-refractivity contribution in [3.05, 3.63) is 75.7 Å². The van der Waals surface area contributed by atoms with E-state index >= 15 is 0 Å². The highest BCUT2D eigenvalue weighted by molar-refractivity contribution is 5.97. The predicted octanol–water partition coefficient (Wildman–Crippen LogP) is 6.03. The number of hydrogen-bond donors (Lipinski definition) is 1. The van der Waals surface area contributed by atoms with Crippen molar-refractivity contribution in [3.63, 3.8) is 0 Å². The van der Waals surface area contributed by atoms with Crippen LogP contribution in [0.3, 0.4) is 0 Å². The van der Waals surface area contributed by atoms with Gasteiger partial charge < -0.3 is 14.6 Å². The molecular formula is C30H36N4O2. The minimum atomic E-state index is 0. The lowest BCUT2D eigenvalue weighted by Gasteiger charge is -2.33. The van der Waals surface area contributed by atoms with Crippen molar-refractivity contribution in [2.75, 3.05) is 26.3 Å². The first-order chi connectivity index (χ1) is 17.4. The Balaban J connectivity index is 0.00000320. The fourth-order valence-electron chi connectivity index (χ4n) is 5.66. The second-order valence-corrected chi connectivity index (χ2v) is 10.3. The Bertz CT molecular complexity index is 1290. The second-order valence-electron chi connectivity index (χ2n) is 10.3. The normalized spacial score (nSPS) is 17.2. The van der Waals surface area contributed by atoms with Crippen LogP contribution in [-0.2, 0) is 4.74 Å². The number of piperidine rings is 1. The average molecular weight is 485 g/mol. The Hall–Kier alpha value is -3.43. The number of carbonyl (C=O) groups excluding carboxylic acids is 1. The van der Waals surface area contributed by atoms with Crippen molar-refractivity contribution in [1.82, 2.24) is 14.9 Å². The summed E-state index contributed by atoms with van der Waals surface area (Å²) >= 11 is 0. The van der Waals surface area contributed by atoms with Crippen LogP contribution in [-0.4, -0.2) is 47.1 Å². The largest absolute Gasteiger partial charge is 0.381 e. The van der Waals surface area contributed by atoms with Crippen LogP contribution in [0.1, 0.15) is 83.1 Å². The fourth-order valence-corrected chi connectivity index (χ4v) is 5.66. The van der Waals surface area contributed by atoms with Gasteiger partial charge in [0.15, 0.2) is 0 Å². The molecule has 3 aromatic rings. The lowest BCUT2D eigenvalue weighted by molar-refractivity contribution is 0.0712. The molecule has 0 aliphatic carbocycles. The van der Waals surface area contributed by atoms with Crippen molar-refractivity contribution in [1.29, 1.82) is 5.26 Å². The number of likely N-dealkylation sites (tertiary alicyclic amines) is 1. The maximum atomic E-state index is 13.6. The van der Waals surface area contributed by atoms with Crippen LogP contribution < -0.4 is 0 Å². The van der Waals surface area contributed by atoms with Crippen molar-refractivity contribution < 1.29 is 11.0 Å². The number of aryl methyl sites for hydroxylation is 3. The third kappa shape index (κ3) is 4.81. The number of nitrogens with one attached hydrogen (secondary N) is 1. The predicted molar refractivity (Wildman–Crippen MR) is 142 cm³/mol. The summed E-state index contributed by atoms with van der Waals surface area (Å²) in [6.07, 6.45) is 3.84. The molecule has 1 amide bonds. The van der Waals surface area contributed by atoms with Gasteiger partial charge in [-0.15, -0.1) is 0 Å². The van der Waals surface area contributed by atoms with E-state index in [1.54, 1.807) is 0 Å². The Morgan fingerprint density at radius 3 is 2.39 bits per heavy atom. The average Bonchev–Trinajstić information content (AvgIpc) is 3.30. The molecule has 0 radical (unpaired) electrons. The van der Waals surface area contributed by atoms with E-state index in [-0.39, 0.29) is 7.33 Å². The van der Waals surface area contributed by atoms with Crippen LogP contribution in [0.4, 0.5) is 0 Å². The number of aromatic amines is 1. The maximum Gasteiger partial charge on any atom is 0.254 e. The van der Waals surface area contributed by atoms with E-state index < -0.39 is 0 Å². The molecule has 188 valence electrons. The first-order valence-electron chi connectivity index (χ1n) is 13.0. The molecule has 0 bridgehead atoms. The quantitative estimate of drug-likeness (QED) is 0.490. The number of nitrogens with zero attached hydrogens (tertiary/aromatic N) is 3. The number of imidazole rings is 1. The van der Waals surface area contributed by atoms with Crippen molar-refractivity contribution >= 4 is 5.91 Å². The van der Waals surface area contributed by atoms with E-state index in [4.69, 9.17) is 15.0 Å². The first-order valence-corrected chi connectivity index (χ1v) is 13.0. The van der Waals surface area contributed by atoms with Gasteiger partial charge in [0.05, 0.1) is 17.3 Å². The number of amides is 1. The Labute approximate surface area is 214 Å². The number of nitriles is 1. The van der Waals surface area contributed by atoms with Gasteiger partial charge in [-0.3, -0.25) is 4.79 Å². The molecule has 2 aromatic carbocycles. The zero-order valence-corrected chi connectivity index (χ0v) is 21.4. The van der Waals surface area contributed by atoms with Gasteiger partial charge >= 0.3 is 0 Å². The van der Waals surface area contributed by atoms with Gasteiger partial charge in [0.1, 0.15) is 5.82 Å². The third-order valence-corrected chi connectivity index (χ3v) is 7.86. The van der Waals surface area contributed by atoms with Crippen LogP contribution in [0.2, 0.25) is 0 Å². The van der Waals surface area contributed by atoms with E-state index in [1.165, 1.54) is 5.56 Å². The standard InChI is InChI=1S/C30H34N4O2.H2/c1-19-16-20(2)27(17-26(19)28-21(3)32-29(33-28)25-10-14-36-15-11-25)30(35)34-12-8-24(9-13-34)23-6-4-22(18-31)5-7-23;/h4-7,16-17,24-25H,8-15H2,1-3H3,(H,32,33);1H. The molecular weight excluding hydrogens is 448 g/mol. The molecule has 2 saturated heterocycles. The van der Waals surface area contributed by atoms with Crippen LogP contribution in [0.5, 0.6) is 0 Å². The molecule has 5 rings (SSSR count). The molecule has 0 unspecified atom stereocenters. The number of H-pyrrole nitrogens is 1. The van der Waals surface area contributed by atoms with Gasteiger partial charge in [-0.25, -0.2) is 4.98 Å². The van der Waals surface area contributed by atoms with Crippen LogP contribution in [0.15, 0.2) is 36.4 Å². The van der Waals surface area contributed by atoms with Gasteiger partial charge in [0.2, 0.25) is 0 Å². The SMILES string of the molecule is Cc1cc(C)c(-c2nc(C3CCOCC3)[nH]c2C)cc1C(=O)N1CCC(c2ccc(C#N)cc2)CC1.[HH]. The zero-order valence-electron chi connectivity index (χ0n) is 21.4. The number of aromatic nitrogens is 2. The molecule has 0 saturated carbocycles. The van der Waals surface area contributed by atoms with E-state index in [1.807, 2.05) is 24.0 Å². The maximum absolute atomic E-state index is 13.6.